The third-order valence-corrected chi connectivity index (χ3v) is 4.80. The van der Waals surface area contributed by atoms with E-state index in [2.05, 4.69) is 20.7 Å². The SMILES string of the molecule is CC(NS(=O)(=O)CCCCCl)c1cccc(Br)c1. The Hall–Kier alpha value is -0.100. The van der Waals surface area contributed by atoms with Crippen LogP contribution >= 0.6 is 27.5 Å². The highest BCUT2D eigenvalue weighted by molar-refractivity contribution is 9.10. The van der Waals surface area contributed by atoms with Crippen LogP contribution in [0, 0.1) is 0 Å². The van der Waals surface area contributed by atoms with Gasteiger partial charge in [-0.05, 0) is 37.5 Å². The molecule has 1 rings (SSSR count). The van der Waals surface area contributed by atoms with Gasteiger partial charge in [-0.1, -0.05) is 28.1 Å². The summed E-state index contributed by atoms with van der Waals surface area (Å²) >= 11 is 8.90. The van der Waals surface area contributed by atoms with Crippen molar-refractivity contribution in [3.05, 3.63) is 34.3 Å². The van der Waals surface area contributed by atoms with Gasteiger partial charge in [0.2, 0.25) is 10.0 Å². The maximum Gasteiger partial charge on any atom is 0.212 e. The van der Waals surface area contributed by atoms with E-state index in [1.54, 1.807) is 0 Å². The molecule has 0 spiro atoms. The first-order chi connectivity index (χ1) is 8.44. The van der Waals surface area contributed by atoms with E-state index in [4.69, 9.17) is 11.6 Å². The third kappa shape index (κ3) is 5.69. The summed E-state index contributed by atoms with van der Waals surface area (Å²) in [6.45, 7) is 1.83. The average Bonchev–Trinajstić information content (AvgIpc) is 2.28. The molecule has 0 bridgehead atoms. The van der Waals surface area contributed by atoms with Crippen LogP contribution < -0.4 is 4.72 Å². The van der Waals surface area contributed by atoms with Crippen LogP contribution in [0.25, 0.3) is 0 Å². The number of rotatable bonds is 7. The lowest BCUT2D eigenvalue weighted by Crippen LogP contribution is -2.29. The lowest BCUT2D eigenvalue weighted by molar-refractivity contribution is 0.564. The van der Waals surface area contributed by atoms with Gasteiger partial charge in [0.05, 0.1) is 5.75 Å². The summed E-state index contributed by atoms with van der Waals surface area (Å²) < 4.78 is 27.2. The molecule has 1 unspecified atom stereocenters. The van der Waals surface area contributed by atoms with Gasteiger partial charge < -0.3 is 0 Å². The summed E-state index contributed by atoms with van der Waals surface area (Å²) in [5.74, 6) is 0.620. The molecule has 0 fully saturated rings. The minimum atomic E-state index is -3.24. The first kappa shape index (κ1) is 16.0. The number of unbranched alkanes of at least 4 members (excludes halogenated alkanes) is 1. The van der Waals surface area contributed by atoms with Crippen LogP contribution in [0.15, 0.2) is 28.7 Å². The van der Waals surface area contributed by atoms with Crippen LogP contribution in [-0.2, 0) is 10.0 Å². The molecule has 0 aliphatic heterocycles. The van der Waals surface area contributed by atoms with Gasteiger partial charge in [0, 0.05) is 16.4 Å². The molecular weight excluding hydrogens is 338 g/mol. The van der Waals surface area contributed by atoms with Gasteiger partial charge in [-0.15, -0.1) is 11.6 Å². The maximum atomic E-state index is 11.8. The molecule has 1 N–H and O–H groups in total. The van der Waals surface area contributed by atoms with Crippen LogP contribution in [-0.4, -0.2) is 20.1 Å². The molecule has 0 heterocycles. The fourth-order valence-corrected chi connectivity index (χ4v) is 3.54. The summed E-state index contributed by atoms with van der Waals surface area (Å²) in [6, 6.07) is 7.37. The Balaban J connectivity index is 2.61. The number of halogens is 2. The molecule has 0 aliphatic rings. The minimum absolute atomic E-state index is 0.123. The zero-order valence-electron chi connectivity index (χ0n) is 10.2. The first-order valence-corrected chi connectivity index (χ1v) is 8.74. The van der Waals surface area contributed by atoms with E-state index >= 15 is 0 Å². The molecule has 18 heavy (non-hydrogen) atoms. The Labute approximate surface area is 122 Å². The van der Waals surface area contributed by atoms with Gasteiger partial charge in [0.1, 0.15) is 0 Å². The highest BCUT2D eigenvalue weighted by atomic mass is 79.9. The largest absolute Gasteiger partial charge is 0.212 e. The molecule has 6 heteroatoms. The quantitative estimate of drug-likeness (QED) is 0.602. The van der Waals surface area contributed by atoms with Crippen LogP contribution in [0.2, 0.25) is 0 Å². The van der Waals surface area contributed by atoms with Crippen LogP contribution in [0.4, 0.5) is 0 Å². The summed E-state index contributed by atoms with van der Waals surface area (Å²) in [6.07, 6.45) is 1.30. The second-order valence-electron chi connectivity index (χ2n) is 4.11. The van der Waals surface area contributed by atoms with Gasteiger partial charge in [0.15, 0.2) is 0 Å². The Bertz CT molecular complexity index is 479. The summed E-state index contributed by atoms with van der Waals surface area (Å²) in [4.78, 5) is 0. The van der Waals surface area contributed by atoms with E-state index in [1.807, 2.05) is 31.2 Å². The Morgan fingerprint density at radius 3 is 2.72 bits per heavy atom. The number of nitrogens with one attached hydrogen (secondary N) is 1. The number of benzene rings is 1. The Morgan fingerprint density at radius 2 is 2.11 bits per heavy atom. The van der Waals surface area contributed by atoms with Crippen molar-refractivity contribution >= 4 is 37.6 Å². The molecule has 3 nitrogen and oxygen atoms in total. The number of hydrogen-bond acceptors (Lipinski definition) is 2. The number of sulfonamides is 1. The zero-order valence-corrected chi connectivity index (χ0v) is 13.4. The molecule has 1 aromatic carbocycles. The van der Waals surface area contributed by atoms with Gasteiger partial charge in [-0.3, -0.25) is 0 Å². The topological polar surface area (TPSA) is 46.2 Å². The molecule has 0 saturated heterocycles. The average molecular weight is 355 g/mol. The second kappa shape index (κ2) is 7.48. The first-order valence-electron chi connectivity index (χ1n) is 5.76. The Kier molecular flexibility index (Phi) is 6.63. The lowest BCUT2D eigenvalue weighted by atomic mass is 10.1. The van der Waals surface area contributed by atoms with Crippen molar-refractivity contribution in [1.82, 2.24) is 4.72 Å². The van der Waals surface area contributed by atoms with Gasteiger partial charge >= 0.3 is 0 Å². The molecule has 0 amide bonds. The van der Waals surface area contributed by atoms with Crippen molar-refractivity contribution in [3.8, 4) is 0 Å². The van der Waals surface area contributed by atoms with Crippen molar-refractivity contribution in [1.29, 1.82) is 0 Å². The summed E-state index contributed by atoms with van der Waals surface area (Å²) in [7, 11) is -3.24. The van der Waals surface area contributed by atoms with Gasteiger partial charge in [-0.2, -0.15) is 0 Å². The van der Waals surface area contributed by atoms with Crippen molar-refractivity contribution in [2.24, 2.45) is 0 Å². The molecule has 0 radical (unpaired) electrons. The monoisotopic (exact) mass is 353 g/mol. The predicted molar refractivity (Wildman–Crippen MR) is 79.4 cm³/mol. The van der Waals surface area contributed by atoms with Crippen molar-refractivity contribution in [3.63, 3.8) is 0 Å². The molecule has 1 atom stereocenters. The summed E-state index contributed by atoms with van der Waals surface area (Å²) in [5, 5.41) is 0. The van der Waals surface area contributed by atoms with Crippen molar-refractivity contribution < 1.29 is 8.42 Å². The molecular formula is C12H17BrClNO2S. The van der Waals surface area contributed by atoms with E-state index in [-0.39, 0.29) is 11.8 Å². The third-order valence-electron chi connectivity index (χ3n) is 2.50. The van der Waals surface area contributed by atoms with E-state index in [9.17, 15) is 8.42 Å². The van der Waals surface area contributed by atoms with Gasteiger partial charge in [-0.25, -0.2) is 13.1 Å². The number of hydrogen-bond donors (Lipinski definition) is 1. The highest BCUT2D eigenvalue weighted by Crippen LogP contribution is 2.18. The number of alkyl halides is 1. The molecule has 102 valence electrons. The van der Waals surface area contributed by atoms with Gasteiger partial charge in [0.25, 0.3) is 0 Å². The Morgan fingerprint density at radius 1 is 1.39 bits per heavy atom. The second-order valence-corrected chi connectivity index (χ2v) is 7.28. The predicted octanol–water partition coefficient (Wildman–Crippen LogP) is 3.45. The van der Waals surface area contributed by atoms with Crippen LogP contribution in [0.5, 0.6) is 0 Å². The lowest BCUT2D eigenvalue weighted by Gasteiger charge is -2.14. The zero-order chi connectivity index (χ0) is 13.6. The van der Waals surface area contributed by atoms with Crippen molar-refractivity contribution in [2.45, 2.75) is 25.8 Å². The maximum absolute atomic E-state index is 11.8. The molecule has 0 saturated carbocycles. The molecule has 0 aromatic heterocycles. The highest BCUT2D eigenvalue weighted by Gasteiger charge is 2.15. The molecule has 0 aliphatic carbocycles. The molecule has 1 aromatic rings. The van der Waals surface area contributed by atoms with Crippen LogP contribution in [0.3, 0.4) is 0 Å². The summed E-state index contributed by atoms with van der Waals surface area (Å²) in [5.41, 5.74) is 0.935. The standard InChI is InChI=1S/C12H17BrClNO2S/c1-10(11-5-4-6-12(13)9-11)15-18(16,17)8-3-2-7-14/h4-6,9-10,15H,2-3,7-8H2,1H3. The fourth-order valence-electron chi connectivity index (χ4n) is 1.56. The van der Waals surface area contributed by atoms with Crippen molar-refractivity contribution in [2.75, 3.05) is 11.6 Å². The van der Waals surface area contributed by atoms with E-state index in [0.29, 0.717) is 18.7 Å². The minimum Gasteiger partial charge on any atom is -0.212 e. The fraction of sp³-hybridized carbons (Fsp3) is 0.500. The van der Waals surface area contributed by atoms with Crippen LogP contribution in [0.1, 0.15) is 31.4 Å². The van der Waals surface area contributed by atoms with E-state index in [1.165, 1.54) is 0 Å². The normalized spacial score (nSPS) is 13.5. The smallest absolute Gasteiger partial charge is 0.212 e. The van der Waals surface area contributed by atoms with E-state index in [0.717, 1.165) is 10.0 Å². The van der Waals surface area contributed by atoms with E-state index < -0.39 is 10.0 Å².